The molecule has 2 aromatic rings. The fraction of sp³-hybridized carbons (Fsp3) is 0.273. The van der Waals surface area contributed by atoms with Gasteiger partial charge in [0, 0.05) is 11.1 Å². The van der Waals surface area contributed by atoms with E-state index >= 15 is 0 Å². The largest absolute Gasteiger partial charge is 0.465 e. The quantitative estimate of drug-likeness (QED) is 0.800. The van der Waals surface area contributed by atoms with Gasteiger partial charge in [-0.3, -0.25) is 5.10 Å². The van der Waals surface area contributed by atoms with Gasteiger partial charge in [0.15, 0.2) is 0 Å². The highest BCUT2D eigenvalue weighted by Crippen LogP contribution is 2.36. The zero-order valence-corrected chi connectivity index (χ0v) is 9.55. The number of alkyl halides is 3. The highest BCUT2D eigenvalue weighted by molar-refractivity contribution is 5.96. The van der Waals surface area contributed by atoms with E-state index in [4.69, 9.17) is 0 Å². The molecule has 0 saturated heterocycles. The van der Waals surface area contributed by atoms with Crippen molar-refractivity contribution in [1.29, 1.82) is 0 Å². The summed E-state index contributed by atoms with van der Waals surface area (Å²) >= 11 is 0. The van der Waals surface area contributed by atoms with E-state index in [2.05, 4.69) is 14.9 Å². The summed E-state index contributed by atoms with van der Waals surface area (Å²) < 4.78 is 43.2. The number of carbonyl (C=O) groups excluding carboxylic acids is 1. The number of nitrogens with zero attached hydrogens (tertiary/aromatic N) is 1. The summed E-state index contributed by atoms with van der Waals surface area (Å²) in [4.78, 5) is 11.3. The number of aromatic nitrogens is 2. The number of hydrogen-bond donors (Lipinski definition) is 1. The van der Waals surface area contributed by atoms with Crippen LogP contribution in [-0.2, 0) is 10.9 Å². The fourth-order valence-electron chi connectivity index (χ4n) is 1.77. The van der Waals surface area contributed by atoms with Gasteiger partial charge in [0.2, 0.25) is 0 Å². The lowest BCUT2D eigenvalue weighted by atomic mass is 10.0. The molecular weight excluding hydrogens is 249 g/mol. The number of ether oxygens (including phenoxy) is 1. The molecule has 0 amide bonds. The number of rotatable bonds is 1. The average molecular weight is 258 g/mol. The number of fused-ring (bicyclic) bond motifs is 1. The van der Waals surface area contributed by atoms with Gasteiger partial charge in [0.05, 0.1) is 23.8 Å². The Bertz CT molecular complexity index is 617. The molecule has 4 nitrogen and oxygen atoms in total. The smallest absolute Gasteiger partial charge is 0.417 e. The second-order valence-corrected chi connectivity index (χ2v) is 3.76. The predicted octanol–water partition coefficient (Wildman–Crippen LogP) is 2.68. The van der Waals surface area contributed by atoms with E-state index in [1.54, 1.807) is 0 Å². The van der Waals surface area contributed by atoms with Crippen molar-refractivity contribution in [3.05, 3.63) is 29.0 Å². The van der Waals surface area contributed by atoms with Crippen molar-refractivity contribution in [2.75, 3.05) is 7.11 Å². The summed E-state index contributed by atoms with van der Waals surface area (Å²) in [5.41, 5.74) is -0.688. The molecule has 1 aromatic carbocycles. The first-order valence-electron chi connectivity index (χ1n) is 4.99. The Morgan fingerprint density at radius 3 is 2.61 bits per heavy atom. The molecular formula is C11H9F3N2O2. The molecule has 0 fully saturated rings. The lowest BCUT2D eigenvalue weighted by Crippen LogP contribution is -2.09. The Kier molecular flexibility index (Phi) is 2.76. The number of aryl methyl sites for hydroxylation is 1. The van der Waals surface area contributed by atoms with E-state index in [9.17, 15) is 18.0 Å². The highest BCUT2D eigenvalue weighted by atomic mass is 19.4. The minimum Gasteiger partial charge on any atom is -0.465 e. The van der Waals surface area contributed by atoms with Crippen molar-refractivity contribution in [2.45, 2.75) is 13.1 Å². The van der Waals surface area contributed by atoms with E-state index < -0.39 is 17.7 Å². The molecule has 0 aliphatic carbocycles. The first-order chi connectivity index (χ1) is 8.34. The Morgan fingerprint density at radius 2 is 2.06 bits per heavy atom. The molecule has 0 unspecified atom stereocenters. The summed E-state index contributed by atoms with van der Waals surface area (Å²) in [6.45, 7) is 1.49. The normalized spacial score (nSPS) is 11.8. The third kappa shape index (κ3) is 1.92. The van der Waals surface area contributed by atoms with Crippen LogP contribution in [-0.4, -0.2) is 23.3 Å². The Balaban J connectivity index is 2.79. The molecule has 7 heteroatoms. The van der Waals surface area contributed by atoms with Gasteiger partial charge in [-0.05, 0) is 19.1 Å². The van der Waals surface area contributed by atoms with Crippen LogP contribution >= 0.6 is 0 Å². The lowest BCUT2D eigenvalue weighted by Gasteiger charge is -2.10. The number of carbonyl (C=O) groups is 1. The topological polar surface area (TPSA) is 55.0 Å². The van der Waals surface area contributed by atoms with Crippen molar-refractivity contribution in [3.8, 4) is 0 Å². The zero-order valence-electron chi connectivity index (χ0n) is 9.55. The van der Waals surface area contributed by atoms with E-state index in [1.807, 2.05) is 0 Å². The Labute approximate surface area is 99.7 Å². The average Bonchev–Trinajstić information content (AvgIpc) is 2.68. The third-order valence-corrected chi connectivity index (χ3v) is 2.56. The number of nitrogens with one attached hydrogen (secondary N) is 1. The summed E-state index contributed by atoms with van der Waals surface area (Å²) in [6, 6.07) is 2.04. The van der Waals surface area contributed by atoms with Crippen LogP contribution in [0.25, 0.3) is 10.9 Å². The summed E-state index contributed by atoms with van der Waals surface area (Å²) in [7, 11) is 1.11. The van der Waals surface area contributed by atoms with Gasteiger partial charge >= 0.3 is 12.1 Å². The van der Waals surface area contributed by atoms with E-state index in [0.717, 1.165) is 13.2 Å². The van der Waals surface area contributed by atoms with Crippen LogP contribution in [0.5, 0.6) is 0 Å². The van der Waals surface area contributed by atoms with E-state index in [0.29, 0.717) is 5.69 Å². The predicted molar refractivity (Wildman–Crippen MR) is 57.2 cm³/mol. The van der Waals surface area contributed by atoms with Gasteiger partial charge in [-0.15, -0.1) is 0 Å². The number of H-pyrrole nitrogens is 1. The molecule has 0 saturated carbocycles. The van der Waals surface area contributed by atoms with E-state index in [1.165, 1.54) is 13.0 Å². The lowest BCUT2D eigenvalue weighted by molar-refractivity contribution is -0.136. The number of aromatic amines is 1. The molecule has 0 aliphatic rings. The molecule has 18 heavy (non-hydrogen) atoms. The SMILES string of the molecule is COC(=O)c1cc(C(F)(F)F)c2c(C)[nH]nc2c1. The van der Waals surface area contributed by atoms with Crippen LogP contribution in [0.1, 0.15) is 21.6 Å². The Hall–Kier alpha value is -2.05. The highest BCUT2D eigenvalue weighted by Gasteiger charge is 2.35. The van der Waals surface area contributed by atoms with Crippen molar-refractivity contribution in [1.82, 2.24) is 10.2 Å². The Morgan fingerprint density at radius 1 is 1.39 bits per heavy atom. The molecule has 0 spiro atoms. The third-order valence-electron chi connectivity index (χ3n) is 2.56. The minimum absolute atomic E-state index is 0.0323. The van der Waals surface area contributed by atoms with Crippen LogP contribution in [0.2, 0.25) is 0 Å². The standard InChI is InChI=1S/C11H9F3N2O2/c1-5-9-7(11(12,13)14)3-6(10(17)18-2)4-8(9)16-15-5/h3-4H,1-2H3,(H,15,16). The van der Waals surface area contributed by atoms with Crippen LogP contribution in [0.4, 0.5) is 13.2 Å². The maximum absolute atomic E-state index is 12.9. The van der Waals surface area contributed by atoms with Crippen molar-refractivity contribution in [3.63, 3.8) is 0 Å². The first-order valence-corrected chi connectivity index (χ1v) is 4.99. The molecule has 0 atom stereocenters. The van der Waals surface area contributed by atoms with Crippen LogP contribution in [0.3, 0.4) is 0 Å². The number of esters is 1. The molecule has 96 valence electrons. The second-order valence-electron chi connectivity index (χ2n) is 3.76. The van der Waals surface area contributed by atoms with Crippen LogP contribution in [0.15, 0.2) is 12.1 Å². The molecule has 0 aliphatic heterocycles. The maximum Gasteiger partial charge on any atom is 0.417 e. The molecule has 2 rings (SSSR count). The number of hydrogen-bond acceptors (Lipinski definition) is 3. The van der Waals surface area contributed by atoms with Crippen molar-refractivity contribution < 1.29 is 22.7 Å². The summed E-state index contributed by atoms with van der Waals surface area (Å²) in [6.07, 6.45) is -4.56. The van der Waals surface area contributed by atoms with Gasteiger partial charge in [0.25, 0.3) is 0 Å². The second kappa shape index (κ2) is 4.01. The van der Waals surface area contributed by atoms with Gasteiger partial charge < -0.3 is 4.74 Å². The monoisotopic (exact) mass is 258 g/mol. The molecule has 0 radical (unpaired) electrons. The van der Waals surface area contributed by atoms with Gasteiger partial charge in [-0.1, -0.05) is 0 Å². The minimum atomic E-state index is -4.56. The van der Waals surface area contributed by atoms with Crippen LogP contribution < -0.4 is 0 Å². The van der Waals surface area contributed by atoms with Crippen molar-refractivity contribution >= 4 is 16.9 Å². The molecule has 1 aromatic heterocycles. The van der Waals surface area contributed by atoms with Gasteiger partial charge in [0.1, 0.15) is 0 Å². The van der Waals surface area contributed by atoms with Gasteiger partial charge in [-0.2, -0.15) is 18.3 Å². The fourth-order valence-corrected chi connectivity index (χ4v) is 1.77. The van der Waals surface area contributed by atoms with Crippen molar-refractivity contribution in [2.24, 2.45) is 0 Å². The number of benzene rings is 1. The zero-order chi connectivity index (χ0) is 13.5. The number of methoxy groups -OCH3 is 1. The molecule has 1 heterocycles. The first kappa shape index (κ1) is 12.4. The molecule has 0 bridgehead atoms. The molecule has 1 N–H and O–H groups in total. The van der Waals surface area contributed by atoms with Crippen LogP contribution in [0, 0.1) is 6.92 Å². The van der Waals surface area contributed by atoms with E-state index in [-0.39, 0.29) is 16.5 Å². The van der Waals surface area contributed by atoms with Gasteiger partial charge in [-0.25, -0.2) is 4.79 Å². The summed E-state index contributed by atoms with van der Waals surface area (Å²) in [5, 5.41) is 6.18. The maximum atomic E-state index is 12.9. The summed E-state index contributed by atoms with van der Waals surface area (Å²) in [5.74, 6) is -0.831. The number of halogens is 3.